The van der Waals surface area contributed by atoms with E-state index in [9.17, 15) is 22.8 Å². The molecule has 1 fully saturated rings. The molecule has 232 valence electrons. The fourth-order valence-electron chi connectivity index (χ4n) is 4.28. The summed E-state index contributed by atoms with van der Waals surface area (Å²) in [5.74, 6) is 0.130. The summed E-state index contributed by atoms with van der Waals surface area (Å²) in [5, 5.41) is 3.83. The van der Waals surface area contributed by atoms with Crippen molar-refractivity contribution < 1.29 is 27.3 Å². The molecule has 1 aliphatic rings. The van der Waals surface area contributed by atoms with Crippen LogP contribution in [0.5, 0.6) is 0 Å². The van der Waals surface area contributed by atoms with Crippen LogP contribution < -0.4 is 5.73 Å². The van der Waals surface area contributed by atoms with Gasteiger partial charge in [0.25, 0.3) is 5.91 Å². The molecule has 2 N–H and O–H groups in total. The van der Waals surface area contributed by atoms with Gasteiger partial charge >= 0.3 is 6.18 Å². The second kappa shape index (κ2) is 15.3. The lowest BCUT2D eigenvalue weighted by Gasteiger charge is -2.23. The Bertz CT molecular complexity index is 1330. The molecular weight excluding hydrogens is 561 g/mol. The van der Waals surface area contributed by atoms with E-state index in [0.29, 0.717) is 23.8 Å². The number of benzene rings is 2. The molecule has 1 atom stereocenters. The first-order valence-electron chi connectivity index (χ1n) is 14.2. The number of rotatable bonds is 11. The first-order chi connectivity index (χ1) is 20.4. The Kier molecular flexibility index (Phi) is 11.8. The first kappa shape index (κ1) is 33.3. The molecular formula is C31H39F3N6O3. The Balaban J connectivity index is 0.000000749. The van der Waals surface area contributed by atoms with Gasteiger partial charge in [-0.05, 0) is 49.3 Å². The topological polar surface area (TPSA) is 118 Å². The summed E-state index contributed by atoms with van der Waals surface area (Å²) in [6, 6.07) is 14.6. The Morgan fingerprint density at radius 2 is 1.67 bits per heavy atom. The van der Waals surface area contributed by atoms with Gasteiger partial charge in [-0.3, -0.25) is 14.6 Å². The van der Waals surface area contributed by atoms with Gasteiger partial charge in [0.05, 0.1) is 24.0 Å². The van der Waals surface area contributed by atoms with Crippen LogP contribution in [0.1, 0.15) is 78.6 Å². The second-order valence-corrected chi connectivity index (χ2v) is 11.0. The molecule has 2 amide bonds. The summed E-state index contributed by atoms with van der Waals surface area (Å²) in [7, 11) is 2.91. The Hall–Kier alpha value is -4.22. The SMILES string of the molecule is CC(C)CCC(N=CN)C(=O)N(C)Cc1ccc(C(F)(F)F)c(C(=O)N(C)Cc2noc(C3CC3)n2)c1.c1ccccc1. The molecule has 1 aromatic heterocycles. The van der Waals surface area contributed by atoms with Gasteiger partial charge in [-0.2, -0.15) is 18.2 Å². The number of alkyl halides is 3. The fraction of sp³-hybridized carbons (Fsp3) is 0.452. The quantitative estimate of drug-likeness (QED) is 0.224. The summed E-state index contributed by atoms with van der Waals surface area (Å²) in [6.07, 6.45) is -0.504. The highest BCUT2D eigenvalue weighted by Gasteiger charge is 2.36. The maximum absolute atomic E-state index is 13.8. The predicted octanol–water partition coefficient (Wildman–Crippen LogP) is 5.67. The van der Waals surface area contributed by atoms with E-state index in [-0.39, 0.29) is 30.7 Å². The van der Waals surface area contributed by atoms with Crippen molar-refractivity contribution in [3.8, 4) is 0 Å². The van der Waals surface area contributed by atoms with Crippen molar-refractivity contribution in [1.82, 2.24) is 19.9 Å². The van der Waals surface area contributed by atoms with E-state index < -0.39 is 29.3 Å². The molecule has 1 heterocycles. The van der Waals surface area contributed by atoms with Gasteiger partial charge in [0, 0.05) is 26.6 Å². The van der Waals surface area contributed by atoms with Crippen molar-refractivity contribution in [3.05, 3.63) is 83.0 Å². The molecule has 12 heteroatoms. The van der Waals surface area contributed by atoms with Crippen molar-refractivity contribution in [1.29, 1.82) is 0 Å². The fourth-order valence-corrected chi connectivity index (χ4v) is 4.28. The standard InChI is InChI=1S/C25H33F3N6O3.C6H6/c1-15(2)5-10-20(30-14-29)24(36)33(3)12-16-6-9-19(25(26,27)28)18(11-16)23(35)34(4)13-21-31-22(37-32-21)17-7-8-17;1-2-4-6-5-3-1/h6,9,11,14-15,17,20H,5,7-8,10,12-13H2,1-4H3,(H2,29,30);1-6H. The van der Waals surface area contributed by atoms with E-state index >= 15 is 0 Å². The van der Waals surface area contributed by atoms with Crippen LogP contribution in [0.2, 0.25) is 0 Å². The van der Waals surface area contributed by atoms with Crippen LogP contribution in [0, 0.1) is 5.92 Å². The average Bonchev–Trinajstić information content (AvgIpc) is 3.73. The minimum absolute atomic E-state index is 0.00513. The highest BCUT2D eigenvalue weighted by atomic mass is 19.4. The monoisotopic (exact) mass is 600 g/mol. The number of carbonyl (C=O) groups is 2. The minimum atomic E-state index is -4.74. The smallest absolute Gasteiger partial charge is 0.390 e. The van der Waals surface area contributed by atoms with E-state index in [1.54, 1.807) is 0 Å². The van der Waals surface area contributed by atoms with Gasteiger partial charge in [-0.25, -0.2) is 0 Å². The third-order valence-electron chi connectivity index (χ3n) is 6.79. The van der Waals surface area contributed by atoms with Gasteiger partial charge in [-0.1, -0.05) is 61.5 Å². The lowest BCUT2D eigenvalue weighted by Crippen LogP contribution is -2.36. The first-order valence-corrected chi connectivity index (χ1v) is 14.2. The molecule has 0 saturated heterocycles. The van der Waals surface area contributed by atoms with Gasteiger partial charge in [-0.15, -0.1) is 0 Å². The zero-order valence-electron chi connectivity index (χ0n) is 24.9. The number of hydrogen-bond donors (Lipinski definition) is 1. The molecule has 43 heavy (non-hydrogen) atoms. The molecule has 0 radical (unpaired) electrons. The van der Waals surface area contributed by atoms with Crippen LogP contribution in [0.15, 0.2) is 64.1 Å². The highest BCUT2D eigenvalue weighted by molar-refractivity contribution is 5.96. The van der Waals surface area contributed by atoms with E-state index in [1.165, 1.54) is 31.1 Å². The zero-order chi connectivity index (χ0) is 31.6. The van der Waals surface area contributed by atoms with Crippen molar-refractivity contribution in [3.63, 3.8) is 0 Å². The third kappa shape index (κ3) is 10.2. The second-order valence-electron chi connectivity index (χ2n) is 11.0. The predicted molar refractivity (Wildman–Crippen MR) is 157 cm³/mol. The van der Waals surface area contributed by atoms with Gasteiger partial charge < -0.3 is 20.1 Å². The van der Waals surface area contributed by atoms with Crippen LogP contribution in [0.25, 0.3) is 0 Å². The summed E-state index contributed by atoms with van der Waals surface area (Å²) >= 11 is 0. The number of aromatic nitrogens is 2. The summed E-state index contributed by atoms with van der Waals surface area (Å²) in [5.41, 5.74) is 4.21. The lowest BCUT2D eigenvalue weighted by molar-refractivity contribution is -0.138. The number of nitrogens with zero attached hydrogens (tertiary/aromatic N) is 5. The van der Waals surface area contributed by atoms with Crippen LogP contribution in [0.3, 0.4) is 0 Å². The van der Waals surface area contributed by atoms with Gasteiger partial charge in [0.15, 0.2) is 5.82 Å². The number of carbonyl (C=O) groups excluding carboxylic acids is 2. The summed E-state index contributed by atoms with van der Waals surface area (Å²) in [6.45, 7) is 3.94. The van der Waals surface area contributed by atoms with E-state index in [1.807, 2.05) is 50.2 Å². The lowest BCUT2D eigenvalue weighted by atomic mass is 10.0. The molecule has 2 aromatic carbocycles. The Morgan fingerprint density at radius 1 is 1.05 bits per heavy atom. The molecule has 4 rings (SSSR count). The highest BCUT2D eigenvalue weighted by Crippen LogP contribution is 2.39. The van der Waals surface area contributed by atoms with Crippen molar-refractivity contribution in [2.24, 2.45) is 16.6 Å². The summed E-state index contributed by atoms with van der Waals surface area (Å²) in [4.78, 5) is 36.8. The molecule has 0 aliphatic heterocycles. The number of nitrogens with two attached hydrogens (primary N) is 1. The third-order valence-corrected chi connectivity index (χ3v) is 6.79. The number of hydrogen-bond acceptors (Lipinski definition) is 6. The summed E-state index contributed by atoms with van der Waals surface area (Å²) < 4.78 is 46.4. The van der Waals surface area contributed by atoms with Crippen molar-refractivity contribution >= 4 is 18.2 Å². The molecule has 1 saturated carbocycles. The number of amides is 2. The molecule has 1 aliphatic carbocycles. The molecule has 3 aromatic rings. The maximum Gasteiger partial charge on any atom is 0.417 e. The van der Waals surface area contributed by atoms with Crippen LogP contribution in [0.4, 0.5) is 13.2 Å². The van der Waals surface area contributed by atoms with E-state index in [0.717, 1.165) is 36.6 Å². The normalized spacial score (nSPS) is 13.9. The van der Waals surface area contributed by atoms with Gasteiger partial charge in [0.2, 0.25) is 11.8 Å². The largest absolute Gasteiger partial charge is 0.417 e. The van der Waals surface area contributed by atoms with Crippen LogP contribution in [-0.4, -0.2) is 58.2 Å². The number of aliphatic imine (C=N–C) groups is 1. The number of likely N-dealkylation sites (N-methyl/N-ethyl adjacent to an activating group) is 1. The van der Waals surface area contributed by atoms with E-state index in [2.05, 4.69) is 15.1 Å². The minimum Gasteiger partial charge on any atom is -0.390 e. The Labute approximate surface area is 250 Å². The molecule has 0 bridgehead atoms. The molecule has 9 nitrogen and oxygen atoms in total. The van der Waals surface area contributed by atoms with Gasteiger partial charge in [0.1, 0.15) is 6.04 Å². The average molecular weight is 601 g/mol. The van der Waals surface area contributed by atoms with E-state index in [4.69, 9.17) is 10.3 Å². The van der Waals surface area contributed by atoms with Crippen molar-refractivity contribution in [2.45, 2.75) is 70.8 Å². The zero-order valence-corrected chi connectivity index (χ0v) is 24.9. The maximum atomic E-state index is 13.8. The molecule has 0 spiro atoms. The van der Waals surface area contributed by atoms with Crippen molar-refractivity contribution in [2.75, 3.05) is 14.1 Å². The molecule has 1 unspecified atom stereocenters. The van der Waals surface area contributed by atoms with Crippen LogP contribution >= 0.6 is 0 Å². The Morgan fingerprint density at radius 3 is 2.21 bits per heavy atom. The van der Waals surface area contributed by atoms with Crippen LogP contribution in [-0.2, 0) is 24.1 Å². The number of halogens is 3.